The van der Waals surface area contributed by atoms with Crippen LogP contribution in [-0.4, -0.2) is 13.7 Å². The molecule has 0 aliphatic carbocycles. The Hall–Kier alpha value is -0.790. The largest absolute Gasteiger partial charge is 0.768 e. The van der Waals surface area contributed by atoms with Gasteiger partial charge in [-0.3, -0.25) is 14.3 Å². The van der Waals surface area contributed by atoms with E-state index in [0.29, 0.717) is 0 Å². The SMILES string of the molecule is O=[N+]([O-])c1ccsc1S(=O)[O-]. The fourth-order valence-electron chi connectivity index (χ4n) is 0.549. The third-order valence-corrected chi connectivity index (χ3v) is 2.86. The normalized spacial score (nSPS) is 12.8. The number of thiophene rings is 1. The monoisotopic (exact) mass is 192 g/mol. The van der Waals surface area contributed by atoms with E-state index in [0.717, 1.165) is 17.4 Å². The van der Waals surface area contributed by atoms with E-state index in [1.165, 1.54) is 5.38 Å². The maximum Gasteiger partial charge on any atom is 0.295 e. The van der Waals surface area contributed by atoms with Crippen molar-refractivity contribution in [2.24, 2.45) is 0 Å². The van der Waals surface area contributed by atoms with Crippen LogP contribution in [0.2, 0.25) is 0 Å². The maximum absolute atomic E-state index is 10.3. The molecule has 60 valence electrons. The summed E-state index contributed by atoms with van der Waals surface area (Å²) in [6, 6.07) is 1.16. The van der Waals surface area contributed by atoms with Crippen molar-refractivity contribution in [3.05, 3.63) is 21.6 Å². The molecule has 0 fully saturated rings. The van der Waals surface area contributed by atoms with Gasteiger partial charge >= 0.3 is 0 Å². The standard InChI is InChI=1S/C4H3NO4S2/c6-5(7)3-1-2-10-4(3)11(8)9/h1-2H,(H,8,9)/p-1. The molecule has 1 aromatic rings. The minimum atomic E-state index is -2.50. The van der Waals surface area contributed by atoms with Gasteiger partial charge in [0, 0.05) is 6.07 Å². The summed E-state index contributed by atoms with van der Waals surface area (Å²) in [7, 11) is 0. The van der Waals surface area contributed by atoms with Crippen LogP contribution in [0.3, 0.4) is 0 Å². The molecule has 0 aromatic carbocycles. The van der Waals surface area contributed by atoms with Crippen LogP contribution in [0.5, 0.6) is 0 Å². The average Bonchev–Trinajstić information content (AvgIpc) is 2.32. The summed E-state index contributed by atoms with van der Waals surface area (Å²) in [5.41, 5.74) is -0.358. The Balaban J connectivity index is 3.16. The lowest BCUT2D eigenvalue weighted by molar-refractivity contribution is -0.387. The fourth-order valence-corrected chi connectivity index (χ4v) is 1.93. The minimum Gasteiger partial charge on any atom is -0.768 e. The van der Waals surface area contributed by atoms with E-state index in [1.807, 2.05) is 0 Å². The first-order chi connectivity index (χ1) is 5.13. The van der Waals surface area contributed by atoms with E-state index in [1.54, 1.807) is 0 Å². The predicted octanol–water partition coefficient (Wildman–Crippen LogP) is 0.894. The number of nitrogens with zero attached hydrogens (tertiary/aromatic N) is 1. The second-order valence-corrected chi connectivity index (χ2v) is 3.64. The lowest BCUT2D eigenvalue weighted by Crippen LogP contribution is -1.92. The summed E-state index contributed by atoms with van der Waals surface area (Å²) in [4.78, 5) is 9.41. The summed E-state index contributed by atoms with van der Waals surface area (Å²) < 4.78 is 20.4. The van der Waals surface area contributed by atoms with Gasteiger partial charge in [0.15, 0.2) is 4.21 Å². The molecule has 1 heterocycles. The van der Waals surface area contributed by atoms with Gasteiger partial charge in [0.05, 0.1) is 4.92 Å². The van der Waals surface area contributed by atoms with Gasteiger partial charge in [-0.05, 0) is 16.5 Å². The van der Waals surface area contributed by atoms with Gasteiger partial charge in [-0.2, -0.15) is 0 Å². The highest BCUT2D eigenvalue weighted by Gasteiger charge is 2.14. The highest BCUT2D eigenvalue weighted by Crippen LogP contribution is 2.26. The molecule has 0 saturated carbocycles. The van der Waals surface area contributed by atoms with Gasteiger partial charge in [-0.25, -0.2) is 0 Å². The van der Waals surface area contributed by atoms with E-state index < -0.39 is 16.0 Å². The Morgan fingerprint density at radius 1 is 1.64 bits per heavy atom. The number of nitro groups is 1. The molecule has 0 saturated heterocycles. The average molecular weight is 192 g/mol. The lowest BCUT2D eigenvalue weighted by Gasteiger charge is -1.98. The molecule has 1 aromatic heterocycles. The Bertz CT molecular complexity index is 278. The van der Waals surface area contributed by atoms with Gasteiger partial charge in [0.1, 0.15) is 0 Å². The van der Waals surface area contributed by atoms with Crippen molar-refractivity contribution >= 4 is 28.1 Å². The molecule has 5 nitrogen and oxygen atoms in total. The zero-order valence-electron chi connectivity index (χ0n) is 5.05. The van der Waals surface area contributed by atoms with Crippen LogP contribution in [0, 0.1) is 10.1 Å². The zero-order valence-corrected chi connectivity index (χ0v) is 6.68. The first-order valence-corrected chi connectivity index (χ1v) is 4.39. The van der Waals surface area contributed by atoms with E-state index in [9.17, 15) is 18.9 Å². The van der Waals surface area contributed by atoms with E-state index in [2.05, 4.69) is 0 Å². The van der Waals surface area contributed by atoms with Crippen LogP contribution in [0.1, 0.15) is 0 Å². The van der Waals surface area contributed by atoms with Crippen LogP contribution < -0.4 is 0 Å². The van der Waals surface area contributed by atoms with E-state index in [-0.39, 0.29) is 9.90 Å². The first kappa shape index (κ1) is 8.31. The predicted molar refractivity (Wildman–Crippen MR) is 38.2 cm³/mol. The van der Waals surface area contributed by atoms with Gasteiger partial charge < -0.3 is 4.55 Å². The number of hydrogen-bond donors (Lipinski definition) is 0. The van der Waals surface area contributed by atoms with Crippen molar-refractivity contribution < 1.29 is 13.7 Å². The van der Waals surface area contributed by atoms with Gasteiger partial charge in [0.2, 0.25) is 0 Å². The smallest absolute Gasteiger partial charge is 0.295 e. The second kappa shape index (κ2) is 3.07. The molecule has 1 atom stereocenters. The van der Waals surface area contributed by atoms with Crippen molar-refractivity contribution in [1.82, 2.24) is 0 Å². The maximum atomic E-state index is 10.3. The quantitative estimate of drug-likeness (QED) is 0.396. The van der Waals surface area contributed by atoms with Crippen LogP contribution >= 0.6 is 11.3 Å². The van der Waals surface area contributed by atoms with Crippen LogP contribution in [0.15, 0.2) is 15.7 Å². The van der Waals surface area contributed by atoms with E-state index >= 15 is 0 Å². The third kappa shape index (κ3) is 1.62. The highest BCUT2D eigenvalue weighted by molar-refractivity contribution is 7.81. The molecular weight excluding hydrogens is 190 g/mol. The number of rotatable bonds is 2. The van der Waals surface area contributed by atoms with Crippen LogP contribution in [0.4, 0.5) is 5.69 Å². The molecule has 1 rings (SSSR count). The van der Waals surface area contributed by atoms with Crippen molar-refractivity contribution in [1.29, 1.82) is 0 Å². The highest BCUT2D eigenvalue weighted by atomic mass is 32.2. The van der Waals surface area contributed by atoms with Crippen molar-refractivity contribution in [3.8, 4) is 0 Å². The first-order valence-electron chi connectivity index (χ1n) is 2.44. The van der Waals surface area contributed by atoms with Gasteiger partial charge in [-0.1, -0.05) is 0 Å². The summed E-state index contributed by atoms with van der Waals surface area (Å²) in [5, 5.41) is 11.5. The lowest BCUT2D eigenvalue weighted by atomic mass is 10.6. The van der Waals surface area contributed by atoms with Gasteiger partial charge in [0.25, 0.3) is 5.69 Å². The molecule has 0 radical (unpaired) electrons. The van der Waals surface area contributed by atoms with Crippen LogP contribution in [-0.2, 0) is 11.1 Å². The second-order valence-electron chi connectivity index (χ2n) is 1.59. The molecule has 1 unspecified atom stereocenters. The third-order valence-electron chi connectivity index (χ3n) is 0.958. The molecule has 0 spiro atoms. The molecular formula is C4H2NO4S2-. The molecule has 7 heteroatoms. The Labute approximate surface area is 68.1 Å². The molecule has 0 N–H and O–H groups in total. The van der Waals surface area contributed by atoms with E-state index in [4.69, 9.17) is 0 Å². The topological polar surface area (TPSA) is 83.3 Å². The summed E-state index contributed by atoms with van der Waals surface area (Å²) in [6.07, 6.45) is 0. The van der Waals surface area contributed by atoms with Crippen molar-refractivity contribution in [2.75, 3.05) is 0 Å². The number of hydrogen-bond acceptors (Lipinski definition) is 5. The van der Waals surface area contributed by atoms with Crippen molar-refractivity contribution in [2.45, 2.75) is 4.21 Å². The Morgan fingerprint density at radius 3 is 2.64 bits per heavy atom. The van der Waals surface area contributed by atoms with Crippen molar-refractivity contribution in [3.63, 3.8) is 0 Å². The summed E-state index contributed by atoms with van der Waals surface area (Å²) >= 11 is -1.67. The minimum absolute atomic E-state index is 0.227. The molecule has 0 aliphatic heterocycles. The van der Waals surface area contributed by atoms with Gasteiger partial charge in [-0.15, -0.1) is 11.3 Å². The Morgan fingerprint density at radius 2 is 2.27 bits per heavy atom. The molecule has 0 amide bonds. The molecule has 0 aliphatic rings. The zero-order chi connectivity index (χ0) is 8.43. The fraction of sp³-hybridized carbons (Fsp3) is 0. The molecule has 0 bridgehead atoms. The summed E-state index contributed by atoms with van der Waals surface area (Å²) in [5.74, 6) is 0. The van der Waals surface area contributed by atoms with Crippen LogP contribution in [0.25, 0.3) is 0 Å². The Kier molecular flexibility index (Phi) is 2.32. The summed E-state index contributed by atoms with van der Waals surface area (Å²) in [6.45, 7) is 0. The molecule has 11 heavy (non-hydrogen) atoms.